The molecule has 1 atom stereocenters. The summed E-state index contributed by atoms with van der Waals surface area (Å²) in [6.07, 6.45) is 5.09. The maximum atomic E-state index is 14.6. The Labute approximate surface area is 230 Å². The molecule has 0 saturated carbocycles. The first-order valence-corrected chi connectivity index (χ1v) is 12.9. The van der Waals surface area contributed by atoms with E-state index in [9.17, 15) is 14.0 Å². The maximum Gasteiger partial charge on any atom is 0.410 e. The predicted octanol–water partition coefficient (Wildman–Crippen LogP) is 4.43. The van der Waals surface area contributed by atoms with E-state index in [0.717, 1.165) is 12.1 Å². The summed E-state index contributed by atoms with van der Waals surface area (Å²) in [5.74, 6) is -0.706. The molecule has 1 unspecified atom stereocenters. The van der Waals surface area contributed by atoms with Gasteiger partial charge >= 0.3 is 6.09 Å². The molecule has 1 aliphatic heterocycles. The number of imidazole rings is 1. The smallest absolute Gasteiger partial charge is 0.410 e. The van der Waals surface area contributed by atoms with Gasteiger partial charge in [-0.1, -0.05) is 0 Å². The van der Waals surface area contributed by atoms with Gasteiger partial charge in [-0.2, -0.15) is 0 Å². The van der Waals surface area contributed by atoms with Crippen LogP contribution in [0.5, 0.6) is 5.88 Å². The van der Waals surface area contributed by atoms with Crippen LogP contribution in [-0.2, 0) is 4.74 Å². The van der Waals surface area contributed by atoms with Gasteiger partial charge in [-0.15, -0.1) is 0 Å². The molecule has 4 heterocycles. The summed E-state index contributed by atoms with van der Waals surface area (Å²) in [6.45, 7) is 8.50. The summed E-state index contributed by atoms with van der Waals surface area (Å²) in [5, 5.41) is 2.76. The van der Waals surface area contributed by atoms with Gasteiger partial charge in [0.25, 0.3) is 5.91 Å². The normalized spacial score (nSPS) is 15.5. The van der Waals surface area contributed by atoms with E-state index in [1.165, 1.54) is 23.8 Å². The van der Waals surface area contributed by atoms with Crippen LogP contribution >= 0.6 is 0 Å². The van der Waals surface area contributed by atoms with Crippen molar-refractivity contribution >= 4 is 40.1 Å². The van der Waals surface area contributed by atoms with Crippen LogP contribution < -0.4 is 15.0 Å². The van der Waals surface area contributed by atoms with Crippen LogP contribution in [0.3, 0.4) is 0 Å². The van der Waals surface area contributed by atoms with Crippen LogP contribution in [0.1, 0.15) is 43.2 Å². The van der Waals surface area contributed by atoms with E-state index in [4.69, 9.17) is 9.47 Å². The molecular formula is C28H32FN7O4. The number of nitrogens with zero attached hydrogens (tertiary/aromatic N) is 6. The Morgan fingerprint density at radius 1 is 1.18 bits per heavy atom. The molecule has 40 heavy (non-hydrogen) atoms. The number of fused-ring (bicyclic) bond motifs is 2. The molecule has 12 heteroatoms. The van der Waals surface area contributed by atoms with Gasteiger partial charge in [0.2, 0.25) is 5.88 Å². The van der Waals surface area contributed by atoms with Crippen molar-refractivity contribution < 1.29 is 23.5 Å². The Morgan fingerprint density at radius 3 is 2.67 bits per heavy atom. The zero-order chi connectivity index (χ0) is 28.8. The number of carbonyl (C=O) groups is 2. The average molecular weight is 550 g/mol. The van der Waals surface area contributed by atoms with E-state index < -0.39 is 17.3 Å². The van der Waals surface area contributed by atoms with Gasteiger partial charge in [0.05, 0.1) is 42.0 Å². The van der Waals surface area contributed by atoms with Gasteiger partial charge in [0, 0.05) is 38.6 Å². The summed E-state index contributed by atoms with van der Waals surface area (Å²) < 4.78 is 27.0. The number of aryl methyl sites for hydroxylation is 1. The molecule has 1 fully saturated rings. The van der Waals surface area contributed by atoms with E-state index in [-0.39, 0.29) is 29.0 Å². The highest BCUT2D eigenvalue weighted by atomic mass is 19.1. The molecule has 11 nitrogen and oxygen atoms in total. The molecule has 0 radical (unpaired) electrons. The van der Waals surface area contributed by atoms with Gasteiger partial charge in [0.15, 0.2) is 11.5 Å². The Balaban J connectivity index is 1.43. The lowest BCUT2D eigenvalue weighted by atomic mass is 10.1. The molecule has 4 aromatic rings. The van der Waals surface area contributed by atoms with Gasteiger partial charge in [0.1, 0.15) is 16.6 Å². The second kappa shape index (κ2) is 10.2. The summed E-state index contributed by atoms with van der Waals surface area (Å²) in [5.41, 5.74) is 2.44. The third-order valence-corrected chi connectivity index (χ3v) is 6.73. The number of anilines is 2. The molecule has 0 bridgehead atoms. The number of amides is 2. The number of carbonyl (C=O) groups excluding carboxylic acids is 2. The number of ether oxygens (including phenoxy) is 2. The van der Waals surface area contributed by atoms with Gasteiger partial charge in [-0.3, -0.25) is 4.79 Å². The van der Waals surface area contributed by atoms with Crippen LogP contribution in [-0.4, -0.2) is 75.1 Å². The van der Waals surface area contributed by atoms with Crippen molar-refractivity contribution in [1.82, 2.24) is 24.3 Å². The van der Waals surface area contributed by atoms with Gasteiger partial charge in [-0.05, 0) is 46.2 Å². The molecule has 0 aliphatic carbocycles. The second-order valence-corrected chi connectivity index (χ2v) is 10.9. The molecule has 5 rings (SSSR count). The molecule has 1 aliphatic rings. The first-order valence-electron chi connectivity index (χ1n) is 12.9. The second-order valence-electron chi connectivity index (χ2n) is 10.9. The van der Waals surface area contributed by atoms with Crippen LogP contribution in [0.25, 0.3) is 16.7 Å². The lowest BCUT2D eigenvalue weighted by Gasteiger charge is -2.29. The summed E-state index contributed by atoms with van der Waals surface area (Å²) >= 11 is 0. The molecule has 1 N–H and O–H groups in total. The Hall–Kier alpha value is -4.48. The molecule has 1 aromatic carbocycles. The third-order valence-electron chi connectivity index (χ3n) is 6.73. The number of benzene rings is 1. The third kappa shape index (κ3) is 5.33. The van der Waals surface area contributed by atoms with E-state index in [1.807, 2.05) is 26.8 Å². The first kappa shape index (κ1) is 27.1. The number of aromatic nitrogens is 4. The standard InChI is InChI=1S/C28H32FN7O4/c1-16-13-36-14-17(11-20(29)25(36)31-16)32-26(37)19-7-8-21(24-23(19)30-12-22(33-24)39-6)35-10-9-18(15-35)34(5)27(38)40-28(2,3)4/h7-8,11-14,18H,9-10,15H2,1-6H3,(H,32,37). The molecule has 1 saturated heterocycles. The SMILES string of the molecule is COc1cnc2c(C(=O)Nc3cc(F)c4nc(C)cn4c3)ccc(N3CCC(N(C)C(=O)OC(C)(C)C)C3)c2n1. The van der Waals surface area contributed by atoms with E-state index in [2.05, 4.69) is 25.2 Å². The minimum atomic E-state index is -0.586. The number of hydrogen-bond acceptors (Lipinski definition) is 8. The van der Waals surface area contributed by atoms with Crippen LogP contribution in [0.2, 0.25) is 0 Å². The van der Waals surface area contributed by atoms with Crippen LogP contribution in [0.4, 0.5) is 20.6 Å². The Bertz CT molecular complexity index is 1610. The van der Waals surface area contributed by atoms with Gasteiger partial charge < -0.3 is 29.0 Å². The zero-order valence-electron chi connectivity index (χ0n) is 23.4. The predicted molar refractivity (Wildman–Crippen MR) is 149 cm³/mol. The average Bonchev–Trinajstić information content (AvgIpc) is 3.53. The number of hydrogen-bond donors (Lipinski definition) is 1. The zero-order valence-corrected chi connectivity index (χ0v) is 23.4. The largest absolute Gasteiger partial charge is 0.480 e. The van der Waals surface area contributed by atoms with E-state index >= 15 is 0 Å². The number of rotatable bonds is 5. The van der Waals surface area contributed by atoms with Crippen molar-refractivity contribution in [3.8, 4) is 5.88 Å². The summed E-state index contributed by atoms with van der Waals surface area (Å²) in [7, 11) is 3.23. The fourth-order valence-corrected chi connectivity index (χ4v) is 4.81. The number of halogens is 1. The lowest BCUT2D eigenvalue weighted by Crippen LogP contribution is -2.42. The first-order chi connectivity index (χ1) is 18.9. The van der Waals surface area contributed by atoms with Crippen molar-refractivity contribution in [3.63, 3.8) is 0 Å². The number of methoxy groups -OCH3 is 1. The van der Waals surface area contributed by atoms with Gasteiger partial charge in [-0.25, -0.2) is 24.1 Å². The van der Waals surface area contributed by atoms with E-state index in [0.29, 0.717) is 35.7 Å². The summed E-state index contributed by atoms with van der Waals surface area (Å²) in [6, 6.07) is 4.65. The van der Waals surface area contributed by atoms with Crippen molar-refractivity contribution in [2.24, 2.45) is 0 Å². The molecule has 2 amide bonds. The molecular weight excluding hydrogens is 517 g/mol. The molecule has 3 aromatic heterocycles. The van der Waals surface area contributed by atoms with E-state index in [1.54, 1.807) is 37.3 Å². The van der Waals surface area contributed by atoms with Crippen molar-refractivity contribution in [2.45, 2.75) is 45.8 Å². The van der Waals surface area contributed by atoms with Crippen LogP contribution in [0, 0.1) is 12.7 Å². The van der Waals surface area contributed by atoms with Crippen molar-refractivity contribution in [1.29, 1.82) is 0 Å². The minimum absolute atomic E-state index is 0.0666. The summed E-state index contributed by atoms with van der Waals surface area (Å²) in [4.78, 5) is 43.0. The molecule has 0 spiro atoms. The number of likely N-dealkylation sites (N-methyl/N-ethyl adjacent to an activating group) is 1. The monoisotopic (exact) mass is 549 g/mol. The highest BCUT2D eigenvalue weighted by Gasteiger charge is 2.32. The maximum absolute atomic E-state index is 14.6. The quantitative estimate of drug-likeness (QED) is 0.389. The fourth-order valence-electron chi connectivity index (χ4n) is 4.81. The molecule has 210 valence electrons. The Kier molecular flexibility index (Phi) is 6.94. The highest BCUT2D eigenvalue weighted by Crippen LogP contribution is 2.32. The Morgan fingerprint density at radius 2 is 1.95 bits per heavy atom. The number of pyridine rings is 1. The topological polar surface area (TPSA) is 114 Å². The minimum Gasteiger partial charge on any atom is -0.480 e. The number of nitrogens with one attached hydrogen (secondary N) is 1. The fraction of sp³-hybridized carbons (Fsp3) is 0.393. The van der Waals surface area contributed by atoms with Crippen molar-refractivity contribution in [3.05, 3.63) is 53.9 Å². The highest BCUT2D eigenvalue weighted by molar-refractivity contribution is 6.13. The van der Waals surface area contributed by atoms with Crippen molar-refractivity contribution in [2.75, 3.05) is 37.5 Å². The van der Waals surface area contributed by atoms with Crippen LogP contribution in [0.15, 0.2) is 36.8 Å². The lowest BCUT2D eigenvalue weighted by molar-refractivity contribution is 0.0237.